The molecule has 0 aromatic carbocycles. The number of carbonyl (C=O) groups excluding carboxylic acids is 1. The Labute approximate surface area is 139 Å². The second-order valence-electron chi connectivity index (χ2n) is 7.88. The van der Waals surface area contributed by atoms with Crippen LogP contribution >= 0.6 is 0 Å². The van der Waals surface area contributed by atoms with Crippen LogP contribution in [0.2, 0.25) is 0 Å². The number of aliphatic hydroxyl groups is 1. The van der Waals surface area contributed by atoms with Gasteiger partial charge in [-0.25, -0.2) is 0 Å². The highest BCUT2D eigenvalue weighted by Gasteiger charge is 2.32. The first kappa shape index (κ1) is 18.0. The number of amides is 1. The van der Waals surface area contributed by atoms with E-state index in [2.05, 4.69) is 5.32 Å². The van der Waals surface area contributed by atoms with E-state index in [0.29, 0.717) is 18.3 Å². The molecule has 0 bridgehead atoms. The summed E-state index contributed by atoms with van der Waals surface area (Å²) in [5.41, 5.74) is -1.34. The molecule has 1 amide bonds. The van der Waals surface area contributed by atoms with E-state index in [0.717, 1.165) is 31.7 Å². The summed E-state index contributed by atoms with van der Waals surface area (Å²) >= 11 is 0. The van der Waals surface area contributed by atoms with Crippen LogP contribution in [0.25, 0.3) is 0 Å². The largest absolute Gasteiger partial charge is 0.463 e. The molecule has 1 aliphatic heterocycles. The molecule has 1 aliphatic rings. The summed E-state index contributed by atoms with van der Waals surface area (Å²) in [5.74, 6) is 1.60. The van der Waals surface area contributed by atoms with E-state index in [9.17, 15) is 9.90 Å². The zero-order valence-electron chi connectivity index (χ0n) is 15.0. The number of hydrogen-bond acceptors (Lipinski definition) is 4. The Morgan fingerprint density at radius 2 is 1.91 bits per heavy atom. The van der Waals surface area contributed by atoms with Gasteiger partial charge in [-0.3, -0.25) is 4.79 Å². The Morgan fingerprint density at radius 1 is 1.30 bits per heavy atom. The third kappa shape index (κ3) is 4.58. The first-order valence-electron chi connectivity index (χ1n) is 8.42. The minimum Gasteiger partial charge on any atom is -0.463 e. The molecule has 2 rings (SSSR count). The summed E-state index contributed by atoms with van der Waals surface area (Å²) < 4.78 is 5.53. The van der Waals surface area contributed by atoms with Crippen molar-refractivity contribution < 1.29 is 14.3 Å². The van der Waals surface area contributed by atoms with Crippen LogP contribution in [0.15, 0.2) is 16.5 Å². The molecule has 23 heavy (non-hydrogen) atoms. The van der Waals surface area contributed by atoms with E-state index < -0.39 is 5.60 Å². The lowest BCUT2D eigenvalue weighted by Crippen LogP contribution is -2.50. The fourth-order valence-corrected chi connectivity index (χ4v) is 2.92. The molecule has 1 aromatic heterocycles. The minimum atomic E-state index is -1.02. The summed E-state index contributed by atoms with van der Waals surface area (Å²) in [4.78, 5) is 14.2. The normalized spacial score (nSPS) is 19.7. The lowest BCUT2D eigenvalue weighted by molar-refractivity contribution is -0.140. The summed E-state index contributed by atoms with van der Waals surface area (Å²) in [7, 11) is 0. The minimum absolute atomic E-state index is 0.217. The summed E-state index contributed by atoms with van der Waals surface area (Å²) in [6.45, 7) is 11.5. The molecule has 2 heterocycles. The molecule has 1 unspecified atom stereocenters. The highest BCUT2D eigenvalue weighted by atomic mass is 16.4. The molecule has 5 heteroatoms. The van der Waals surface area contributed by atoms with Gasteiger partial charge in [0.2, 0.25) is 5.91 Å². The molecule has 0 saturated carbocycles. The molecular formula is C18H30N2O3. The Hall–Kier alpha value is -1.33. The van der Waals surface area contributed by atoms with Gasteiger partial charge in [0.1, 0.15) is 17.1 Å². The highest BCUT2D eigenvalue weighted by Crippen LogP contribution is 2.24. The Bertz CT molecular complexity index is 535. The van der Waals surface area contributed by atoms with Gasteiger partial charge in [-0.15, -0.1) is 0 Å². The average molecular weight is 322 g/mol. The number of hydrogen-bond donors (Lipinski definition) is 2. The standard InChI is InChI=1S/C18H30N2O3/c1-13-6-7-15(23-13)18(5,22)12-19-14-8-10-20(11-9-14)16(21)17(2,3)4/h6-7,14,19,22H,8-12H2,1-5H3. The monoisotopic (exact) mass is 322 g/mol. The van der Waals surface area contributed by atoms with Crippen molar-refractivity contribution >= 4 is 5.91 Å². The zero-order valence-corrected chi connectivity index (χ0v) is 15.0. The Morgan fingerprint density at radius 3 is 2.39 bits per heavy atom. The molecule has 5 nitrogen and oxygen atoms in total. The van der Waals surface area contributed by atoms with Gasteiger partial charge in [0, 0.05) is 31.1 Å². The van der Waals surface area contributed by atoms with Crippen molar-refractivity contribution in [1.29, 1.82) is 0 Å². The average Bonchev–Trinajstić information content (AvgIpc) is 2.91. The number of aryl methyl sites for hydroxylation is 1. The first-order valence-corrected chi connectivity index (χ1v) is 8.42. The van der Waals surface area contributed by atoms with Crippen LogP contribution in [0.4, 0.5) is 0 Å². The molecule has 1 saturated heterocycles. The third-order valence-electron chi connectivity index (χ3n) is 4.43. The van der Waals surface area contributed by atoms with Crippen molar-refractivity contribution in [3.8, 4) is 0 Å². The molecular weight excluding hydrogens is 292 g/mol. The van der Waals surface area contributed by atoms with Crippen molar-refractivity contribution in [2.24, 2.45) is 5.41 Å². The van der Waals surface area contributed by atoms with Crippen molar-refractivity contribution in [2.75, 3.05) is 19.6 Å². The van der Waals surface area contributed by atoms with Gasteiger partial charge in [0.05, 0.1) is 0 Å². The van der Waals surface area contributed by atoms with Gasteiger partial charge >= 0.3 is 0 Å². The lowest BCUT2D eigenvalue weighted by atomic mass is 9.92. The van der Waals surface area contributed by atoms with Crippen LogP contribution in [0.1, 0.15) is 52.1 Å². The lowest BCUT2D eigenvalue weighted by Gasteiger charge is -2.36. The van der Waals surface area contributed by atoms with E-state index in [4.69, 9.17) is 4.42 Å². The van der Waals surface area contributed by atoms with Gasteiger partial charge in [-0.1, -0.05) is 20.8 Å². The Kier molecular flexibility index (Phi) is 5.21. The fraction of sp³-hybridized carbons (Fsp3) is 0.722. The van der Waals surface area contributed by atoms with Gasteiger partial charge in [-0.2, -0.15) is 0 Å². The summed E-state index contributed by atoms with van der Waals surface area (Å²) in [5, 5.41) is 14.0. The van der Waals surface area contributed by atoms with Crippen LogP contribution in [-0.4, -0.2) is 41.6 Å². The predicted octanol–water partition coefficient (Wildman–Crippen LogP) is 2.42. The SMILES string of the molecule is Cc1ccc(C(C)(O)CNC2CCN(C(=O)C(C)(C)C)CC2)o1. The van der Waals surface area contributed by atoms with Crippen molar-refractivity contribution in [3.05, 3.63) is 23.7 Å². The fourth-order valence-electron chi connectivity index (χ4n) is 2.92. The second-order valence-corrected chi connectivity index (χ2v) is 7.88. The maximum Gasteiger partial charge on any atom is 0.227 e. The van der Waals surface area contributed by atoms with E-state index in [1.54, 1.807) is 6.92 Å². The Balaban J connectivity index is 1.82. The summed E-state index contributed by atoms with van der Waals surface area (Å²) in [6.07, 6.45) is 1.82. The van der Waals surface area contributed by atoms with Crippen LogP contribution in [0.5, 0.6) is 0 Å². The molecule has 1 aromatic rings. The van der Waals surface area contributed by atoms with Gasteiger partial charge < -0.3 is 19.7 Å². The first-order chi connectivity index (χ1) is 10.6. The van der Waals surface area contributed by atoms with Crippen molar-refractivity contribution in [1.82, 2.24) is 10.2 Å². The van der Waals surface area contributed by atoms with Gasteiger partial charge in [0.15, 0.2) is 0 Å². The van der Waals surface area contributed by atoms with Crippen molar-refractivity contribution in [3.63, 3.8) is 0 Å². The quantitative estimate of drug-likeness (QED) is 0.893. The van der Waals surface area contributed by atoms with Gasteiger partial charge in [0.25, 0.3) is 0 Å². The predicted molar refractivity (Wildman–Crippen MR) is 90.1 cm³/mol. The number of rotatable bonds is 4. The maximum absolute atomic E-state index is 12.3. The second kappa shape index (κ2) is 6.65. The number of carbonyl (C=O) groups is 1. The van der Waals surface area contributed by atoms with E-state index in [1.165, 1.54) is 0 Å². The van der Waals surface area contributed by atoms with Crippen molar-refractivity contribution in [2.45, 2.75) is 59.1 Å². The smallest absolute Gasteiger partial charge is 0.227 e. The number of piperidine rings is 1. The number of likely N-dealkylation sites (tertiary alicyclic amines) is 1. The molecule has 0 radical (unpaired) electrons. The molecule has 130 valence electrons. The van der Waals surface area contributed by atoms with Crippen LogP contribution in [-0.2, 0) is 10.4 Å². The zero-order chi connectivity index (χ0) is 17.3. The molecule has 1 fully saturated rings. The van der Waals surface area contributed by atoms with Crippen LogP contribution in [0, 0.1) is 12.3 Å². The van der Waals surface area contributed by atoms with E-state index in [-0.39, 0.29) is 11.3 Å². The van der Waals surface area contributed by atoms with Crippen LogP contribution < -0.4 is 5.32 Å². The van der Waals surface area contributed by atoms with E-state index >= 15 is 0 Å². The maximum atomic E-state index is 12.3. The highest BCUT2D eigenvalue weighted by molar-refractivity contribution is 5.81. The molecule has 0 spiro atoms. The topological polar surface area (TPSA) is 65.7 Å². The van der Waals surface area contributed by atoms with Crippen LogP contribution in [0.3, 0.4) is 0 Å². The van der Waals surface area contributed by atoms with E-state index in [1.807, 2.05) is 44.7 Å². The van der Waals surface area contributed by atoms with Gasteiger partial charge in [-0.05, 0) is 38.8 Å². The molecule has 1 atom stereocenters. The third-order valence-corrected chi connectivity index (χ3v) is 4.43. The number of furan rings is 1. The summed E-state index contributed by atoms with van der Waals surface area (Å²) in [6, 6.07) is 4.00. The number of nitrogens with one attached hydrogen (secondary N) is 1. The number of nitrogens with zero attached hydrogens (tertiary/aromatic N) is 1. The molecule has 2 N–H and O–H groups in total. The molecule has 0 aliphatic carbocycles.